The first-order valence-corrected chi connectivity index (χ1v) is 18.3. The molecular formula is C48H43N3. The van der Waals surface area contributed by atoms with E-state index in [-0.39, 0.29) is 0 Å². The van der Waals surface area contributed by atoms with Crippen molar-refractivity contribution in [3.63, 3.8) is 0 Å². The maximum atomic E-state index is 5.36. The van der Waals surface area contributed by atoms with Crippen LogP contribution in [0, 0.1) is 6.92 Å². The Balaban J connectivity index is 0.00000184. The Morgan fingerprint density at radius 3 is 2.22 bits per heavy atom. The lowest BCUT2D eigenvalue weighted by atomic mass is 9.94. The van der Waals surface area contributed by atoms with Gasteiger partial charge in [0.1, 0.15) is 5.82 Å². The van der Waals surface area contributed by atoms with E-state index in [1.54, 1.807) is 0 Å². The minimum atomic E-state index is 0.703. The predicted octanol–water partition coefficient (Wildman–Crippen LogP) is 13.3. The zero-order valence-corrected chi connectivity index (χ0v) is 29.7. The maximum Gasteiger partial charge on any atom is 0.131 e. The summed E-state index contributed by atoms with van der Waals surface area (Å²) < 4.78 is 4.72. The molecule has 0 saturated carbocycles. The molecule has 250 valence electrons. The summed E-state index contributed by atoms with van der Waals surface area (Å²) in [5.74, 6) is 0.703. The number of hydrogen-bond donors (Lipinski definition) is 0. The molecule has 0 bridgehead atoms. The van der Waals surface area contributed by atoms with Crippen molar-refractivity contribution in [2.45, 2.75) is 46.5 Å². The van der Waals surface area contributed by atoms with E-state index in [0.717, 1.165) is 53.6 Å². The SMILES string of the molecule is C=C(/N=C(/C1=CCCC=C1)c1ccccc1C)n1c2ccccc2c2c(-c3ccc4c5ccccc5n(C5=CC=CCC5)c4c3)cccc21.CC. The Morgan fingerprint density at radius 2 is 1.43 bits per heavy atom. The first-order chi connectivity index (χ1) is 25.2. The number of aliphatic imine (C=N–C) groups is 1. The second kappa shape index (κ2) is 13.8. The van der Waals surface area contributed by atoms with Crippen molar-refractivity contribution in [1.82, 2.24) is 9.13 Å². The van der Waals surface area contributed by atoms with Gasteiger partial charge < -0.3 is 4.57 Å². The summed E-state index contributed by atoms with van der Waals surface area (Å²) in [6.45, 7) is 10.8. The maximum absolute atomic E-state index is 5.36. The molecule has 0 spiro atoms. The molecule has 2 heterocycles. The summed E-state index contributed by atoms with van der Waals surface area (Å²) in [5, 5.41) is 4.97. The van der Waals surface area contributed by atoms with Gasteiger partial charge in [-0.05, 0) is 85.2 Å². The number of allylic oxidation sites excluding steroid dienone is 8. The van der Waals surface area contributed by atoms with Crippen LogP contribution < -0.4 is 0 Å². The Kier molecular flexibility index (Phi) is 8.71. The van der Waals surface area contributed by atoms with Crippen molar-refractivity contribution in [2.75, 3.05) is 0 Å². The summed E-state index contributed by atoms with van der Waals surface area (Å²) in [5.41, 5.74) is 12.9. The first kappa shape index (κ1) is 32.3. The minimum absolute atomic E-state index is 0.703. The molecule has 0 amide bonds. The van der Waals surface area contributed by atoms with E-state index in [9.17, 15) is 0 Å². The number of aryl methyl sites for hydroxylation is 1. The Hall–Kier alpha value is -5.93. The summed E-state index contributed by atoms with van der Waals surface area (Å²) in [6, 6.07) is 39.6. The van der Waals surface area contributed by atoms with Gasteiger partial charge in [-0.2, -0.15) is 0 Å². The molecule has 2 aliphatic carbocycles. The van der Waals surface area contributed by atoms with Gasteiger partial charge in [-0.15, -0.1) is 0 Å². The van der Waals surface area contributed by atoms with Crippen molar-refractivity contribution >= 4 is 60.8 Å². The van der Waals surface area contributed by atoms with Crippen LogP contribution in [-0.2, 0) is 0 Å². The summed E-state index contributed by atoms with van der Waals surface area (Å²) in [4.78, 5) is 5.36. The molecule has 3 nitrogen and oxygen atoms in total. The molecule has 0 radical (unpaired) electrons. The summed E-state index contributed by atoms with van der Waals surface area (Å²) in [7, 11) is 0. The minimum Gasteiger partial charge on any atom is -0.313 e. The number of para-hydroxylation sites is 2. The molecule has 51 heavy (non-hydrogen) atoms. The molecule has 0 N–H and O–H groups in total. The third kappa shape index (κ3) is 5.60. The quantitative estimate of drug-likeness (QED) is 0.158. The first-order valence-electron chi connectivity index (χ1n) is 18.3. The number of aromatic nitrogens is 2. The molecule has 0 fully saturated rings. The molecule has 0 saturated heterocycles. The van der Waals surface area contributed by atoms with Crippen molar-refractivity contribution in [2.24, 2.45) is 4.99 Å². The molecule has 2 aliphatic rings. The molecule has 3 heteroatoms. The van der Waals surface area contributed by atoms with E-state index in [1.165, 1.54) is 55.0 Å². The Labute approximate surface area is 300 Å². The fourth-order valence-corrected chi connectivity index (χ4v) is 7.85. The number of rotatable bonds is 6. The van der Waals surface area contributed by atoms with Crippen molar-refractivity contribution in [3.8, 4) is 11.1 Å². The molecule has 0 unspecified atom stereocenters. The average molecular weight is 662 g/mol. The topological polar surface area (TPSA) is 22.2 Å². The van der Waals surface area contributed by atoms with Crippen LogP contribution in [0.5, 0.6) is 0 Å². The largest absolute Gasteiger partial charge is 0.313 e. The number of benzene rings is 5. The van der Waals surface area contributed by atoms with E-state index >= 15 is 0 Å². The fraction of sp³-hybridized carbons (Fsp3) is 0.146. The third-order valence-electron chi connectivity index (χ3n) is 10.1. The standard InChI is InChI=1S/C46H37N3.C2H6/c1-31-16-9-10-21-36(31)46(33-17-5-3-6-18-33)47-32(2)48-42-26-14-12-23-40(42)45-37(24-15-27-43(45)48)34-28-29-39-38-22-11-13-25-41(38)49(44(39)30-34)35-19-7-4-8-20-35;1-2/h4-5,7,9-19,21-30H,2-3,6,8,20H2,1H3;1-2H3/b47-46-;. The zero-order chi connectivity index (χ0) is 34.9. The highest BCUT2D eigenvalue weighted by molar-refractivity contribution is 6.19. The fourth-order valence-electron chi connectivity index (χ4n) is 7.85. The summed E-state index contributed by atoms with van der Waals surface area (Å²) in [6.07, 6.45) is 17.6. The molecule has 0 aliphatic heterocycles. The van der Waals surface area contributed by atoms with Gasteiger partial charge in [-0.1, -0.05) is 136 Å². The molecule has 2 aromatic heterocycles. The molecule has 0 atom stereocenters. The van der Waals surface area contributed by atoms with Crippen LogP contribution in [0.3, 0.4) is 0 Å². The van der Waals surface area contributed by atoms with Gasteiger partial charge in [0.05, 0.1) is 27.8 Å². The van der Waals surface area contributed by atoms with Gasteiger partial charge in [0, 0.05) is 32.8 Å². The normalized spacial score (nSPS) is 14.5. The molecule has 9 rings (SSSR count). The lowest BCUT2D eigenvalue weighted by Gasteiger charge is -2.16. The van der Waals surface area contributed by atoms with Gasteiger partial charge in [-0.25, -0.2) is 4.99 Å². The monoisotopic (exact) mass is 661 g/mol. The Morgan fingerprint density at radius 1 is 0.686 bits per heavy atom. The summed E-state index contributed by atoms with van der Waals surface area (Å²) >= 11 is 0. The van der Waals surface area contributed by atoms with Gasteiger partial charge in [0.2, 0.25) is 0 Å². The number of fused-ring (bicyclic) bond motifs is 6. The zero-order valence-electron chi connectivity index (χ0n) is 29.7. The molecular weight excluding hydrogens is 619 g/mol. The lowest BCUT2D eigenvalue weighted by molar-refractivity contribution is 0.979. The molecule has 7 aromatic rings. The van der Waals surface area contributed by atoms with E-state index in [4.69, 9.17) is 4.99 Å². The van der Waals surface area contributed by atoms with Gasteiger partial charge in [-0.3, -0.25) is 4.57 Å². The van der Waals surface area contributed by atoms with Gasteiger partial charge in [0.25, 0.3) is 0 Å². The van der Waals surface area contributed by atoms with E-state index in [0.29, 0.717) is 5.82 Å². The van der Waals surface area contributed by atoms with Gasteiger partial charge >= 0.3 is 0 Å². The van der Waals surface area contributed by atoms with Crippen LogP contribution in [0.15, 0.2) is 163 Å². The highest BCUT2D eigenvalue weighted by Gasteiger charge is 2.20. The second-order valence-corrected chi connectivity index (χ2v) is 13.1. The number of nitrogens with zero attached hydrogens (tertiary/aromatic N) is 3. The van der Waals surface area contributed by atoms with Crippen LogP contribution >= 0.6 is 0 Å². The number of hydrogen-bond acceptors (Lipinski definition) is 1. The van der Waals surface area contributed by atoms with Crippen LogP contribution in [0.2, 0.25) is 0 Å². The van der Waals surface area contributed by atoms with Crippen LogP contribution in [0.4, 0.5) is 0 Å². The lowest BCUT2D eigenvalue weighted by Crippen LogP contribution is -2.09. The van der Waals surface area contributed by atoms with E-state index in [2.05, 4.69) is 168 Å². The van der Waals surface area contributed by atoms with Crippen LogP contribution in [-0.4, -0.2) is 14.8 Å². The molecule has 5 aromatic carbocycles. The van der Waals surface area contributed by atoms with Crippen molar-refractivity contribution in [3.05, 3.63) is 169 Å². The highest BCUT2D eigenvalue weighted by Crippen LogP contribution is 2.41. The van der Waals surface area contributed by atoms with E-state index < -0.39 is 0 Å². The third-order valence-corrected chi connectivity index (χ3v) is 10.1. The van der Waals surface area contributed by atoms with E-state index in [1.807, 2.05) is 13.8 Å². The Bertz CT molecular complexity index is 2630. The van der Waals surface area contributed by atoms with Crippen molar-refractivity contribution in [1.29, 1.82) is 0 Å². The van der Waals surface area contributed by atoms with Crippen LogP contribution in [0.25, 0.3) is 66.3 Å². The van der Waals surface area contributed by atoms with Crippen molar-refractivity contribution < 1.29 is 0 Å². The average Bonchev–Trinajstić information content (AvgIpc) is 3.71. The second-order valence-electron chi connectivity index (χ2n) is 13.1. The van der Waals surface area contributed by atoms with Crippen LogP contribution in [0.1, 0.15) is 50.7 Å². The predicted molar refractivity (Wildman–Crippen MR) is 221 cm³/mol. The highest BCUT2D eigenvalue weighted by atomic mass is 15.1. The van der Waals surface area contributed by atoms with Gasteiger partial charge in [0.15, 0.2) is 0 Å². The smallest absolute Gasteiger partial charge is 0.131 e.